The van der Waals surface area contributed by atoms with Crippen LogP contribution in [0.3, 0.4) is 0 Å². The molecule has 1 fully saturated rings. The Kier molecular flexibility index (Phi) is 6.49. The van der Waals surface area contributed by atoms with Crippen LogP contribution in [0.2, 0.25) is 0 Å². The first-order valence-corrected chi connectivity index (χ1v) is 9.56. The lowest BCUT2D eigenvalue weighted by molar-refractivity contribution is -0.119. The molecule has 29 heavy (non-hydrogen) atoms. The summed E-state index contributed by atoms with van der Waals surface area (Å²) < 4.78 is 10.6. The summed E-state index contributed by atoms with van der Waals surface area (Å²) >= 11 is 0. The van der Waals surface area contributed by atoms with Gasteiger partial charge >= 0.3 is 5.97 Å². The van der Waals surface area contributed by atoms with Crippen LogP contribution in [0.15, 0.2) is 48.5 Å². The molecule has 1 heterocycles. The van der Waals surface area contributed by atoms with Crippen molar-refractivity contribution in [2.45, 2.75) is 32.8 Å². The number of nitrogens with one attached hydrogen (secondary N) is 1. The van der Waals surface area contributed by atoms with Crippen LogP contribution in [0.5, 0.6) is 5.75 Å². The number of carbonyl (C=O) groups is 3. The normalized spacial score (nSPS) is 13.5. The van der Waals surface area contributed by atoms with Gasteiger partial charge < -0.3 is 19.7 Å². The summed E-state index contributed by atoms with van der Waals surface area (Å²) in [6, 6.07) is 13.6. The van der Waals surface area contributed by atoms with Crippen molar-refractivity contribution in [3.05, 3.63) is 54.1 Å². The van der Waals surface area contributed by atoms with Gasteiger partial charge in [0.05, 0.1) is 11.7 Å². The zero-order chi connectivity index (χ0) is 20.8. The molecule has 152 valence electrons. The summed E-state index contributed by atoms with van der Waals surface area (Å²) in [7, 11) is 0. The second-order valence-electron chi connectivity index (χ2n) is 7.01. The molecule has 1 saturated heterocycles. The van der Waals surface area contributed by atoms with Gasteiger partial charge in [0.1, 0.15) is 5.75 Å². The zero-order valence-electron chi connectivity index (χ0n) is 16.5. The Balaban J connectivity index is 1.52. The second kappa shape index (κ2) is 9.23. The molecule has 0 atom stereocenters. The smallest absolute Gasteiger partial charge is 0.338 e. The molecule has 0 unspecified atom stereocenters. The number of benzene rings is 2. The number of amides is 2. The number of nitrogens with zero attached hydrogens (tertiary/aromatic N) is 1. The van der Waals surface area contributed by atoms with E-state index in [-0.39, 0.29) is 12.0 Å². The van der Waals surface area contributed by atoms with Crippen molar-refractivity contribution in [3.63, 3.8) is 0 Å². The Bertz CT molecular complexity index is 892. The largest absolute Gasteiger partial charge is 0.491 e. The van der Waals surface area contributed by atoms with Crippen molar-refractivity contribution in [3.8, 4) is 5.75 Å². The molecule has 7 heteroatoms. The van der Waals surface area contributed by atoms with Crippen LogP contribution in [-0.2, 0) is 14.3 Å². The van der Waals surface area contributed by atoms with E-state index in [0.29, 0.717) is 30.0 Å². The molecule has 7 nitrogen and oxygen atoms in total. The molecule has 0 spiro atoms. The van der Waals surface area contributed by atoms with Crippen LogP contribution < -0.4 is 15.0 Å². The maximum Gasteiger partial charge on any atom is 0.338 e. The third-order valence-corrected chi connectivity index (χ3v) is 4.31. The van der Waals surface area contributed by atoms with Crippen molar-refractivity contribution in [2.75, 3.05) is 23.4 Å². The van der Waals surface area contributed by atoms with Gasteiger partial charge in [0.2, 0.25) is 5.91 Å². The quantitative estimate of drug-likeness (QED) is 0.725. The van der Waals surface area contributed by atoms with Gasteiger partial charge in [-0.3, -0.25) is 9.59 Å². The summed E-state index contributed by atoms with van der Waals surface area (Å²) in [6.07, 6.45) is 1.41. The van der Waals surface area contributed by atoms with Crippen LogP contribution in [0.4, 0.5) is 11.4 Å². The van der Waals surface area contributed by atoms with E-state index in [1.54, 1.807) is 47.4 Å². The van der Waals surface area contributed by atoms with Crippen molar-refractivity contribution < 1.29 is 23.9 Å². The number of carbonyl (C=O) groups excluding carboxylic acids is 3. The van der Waals surface area contributed by atoms with Crippen LogP contribution in [0.25, 0.3) is 0 Å². The van der Waals surface area contributed by atoms with Gasteiger partial charge in [-0.25, -0.2) is 4.79 Å². The molecule has 0 aliphatic carbocycles. The monoisotopic (exact) mass is 396 g/mol. The predicted molar refractivity (Wildman–Crippen MR) is 109 cm³/mol. The third kappa shape index (κ3) is 5.57. The van der Waals surface area contributed by atoms with E-state index in [2.05, 4.69) is 5.32 Å². The lowest BCUT2D eigenvalue weighted by atomic mass is 10.2. The van der Waals surface area contributed by atoms with Gasteiger partial charge in [-0.2, -0.15) is 0 Å². The number of hydrogen-bond donors (Lipinski definition) is 1. The number of hydrogen-bond acceptors (Lipinski definition) is 5. The number of esters is 1. The fourth-order valence-corrected chi connectivity index (χ4v) is 3.03. The van der Waals surface area contributed by atoms with Gasteiger partial charge in [0.25, 0.3) is 5.91 Å². The first-order chi connectivity index (χ1) is 13.9. The van der Waals surface area contributed by atoms with Crippen LogP contribution in [-0.4, -0.2) is 37.0 Å². The van der Waals surface area contributed by atoms with Crippen molar-refractivity contribution in [1.82, 2.24) is 0 Å². The average Bonchev–Trinajstić information content (AvgIpc) is 3.12. The summed E-state index contributed by atoms with van der Waals surface area (Å²) in [5.74, 6) is -0.312. The Morgan fingerprint density at radius 1 is 1.14 bits per heavy atom. The molecule has 0 saturated carbocycles. The second-order valence-corrected chi connectivity index (χ2v) is 7.01. The highest BCUT2D eigenvalue weighted by molar-refractivity contribution is 5.98. The number of rotatable bonds is 7. The highest BCUT2D eigenvalue weighted by atomic mass is 16.5. The van der Waals surface area contributed by atoms with E-state index >= 15 is 0 Å². The summed E-state index contributed by atoms with van der Waals surface area (Å²) in [4.78, 5) is 37.8. The SMILES string of the molecule is CC(C)Oc1ccc(C(=O)OCC(=O)Nc2cccc(N3CCCC3=O)c2)cc1. The molecule has 1 aliphatic rings. The van der Waals surface area contributed by atoms with E-state index in [4.69, 9.17) is 9.47 Å². The van der Waals surface area contributed by atoms with Crippen LogP contribution >= 0.6 is 0 Å². The van der Waals surface area contributed by atoms with Gasteiger partial charge in [0.15, 0.2) is 6.61 Å². The van der Waals surface area contributed by atoms with E-state index in [9.17, 15) is 14.4 Å². The van der Waals surface area contributed by atoms with E-state index in [1.807, 2.05) is 19.9 Å². The first-order valence-electron chi connectivity index (χ1n) is 9.56. The predicted octanol–water partition coefficient (Wildman–Crippen LogP) is 3.40. The Morgan fingerprint density at radius 3 is 2.55 bits per heavy atom. The van der Waals surface area contributed by atoms with E-state index in [1.165, 1.54) is 0 Å². The molecule has 3 rings (SSSR count). The topological polar surface area (TPSA) is 84.9 Å². The third-order valence-electron chi connectivity index (χ3n) is 4.31. The summed E-state index contributed by atoms with van der Waals surface area (Å²) in [6.45, 7) is 4.10. The fourth-order valence-electron chi connectivity index (χ4n) is 3.03. The lowest BCUT2D eigenvalue weighted by Crippen LogP contribution is -2.24. The Labute approximate surface area is 169 Å². The molecule has 0 bridgehead atoms. The Hall–Kier alpha value is -3.35. The van der Waals surface area contributed by atoms with E-state index in [0.717, 1.165) is 12.1 Å². The molecule has 0 aromatic heterocycles. The number of ether oxygens (including phenoxy) is 2. The van der Waals surface area contributed by atoms with Crippen molar-refractivity contribution >= 4 is 29.2 Å². The minimum absolute atomic E-state index is 0.0404. The minimum Gasteiger partial charge on any atom is -0.491 e. The minimum atomic E-state index is -0.590. The highest BCUT2D eigenvalue weighted by Crippen LogP contribution is 2.24. The molecule has 1 aliphatic heterocycles. The molecular weight excluding hydrogens is 372 g/mol. The maximum absolute atomic E-state index is 12.1. The van der Waals surface area contributed by atoms with Gasteiger partial charge in [0, 0.05) is 24.3 Å². The van der Waals surface area contributed by atoms with E-state index < -0.39 is 18.5 Å². The molecule has 1 N–H and O–H groups in total. The average molecular weight is 396 g/mol. The number of anilines is 2. The molecular formula is C22H24N2O5. The van der Waals surface area contributed by atoms with Crippen LogP contribution in [0, 0.1) is 0 Å². The fraction of sp³-hybridized carbons (Fsp3) is 0.318. The molecule has 2 amide bonds. The van der Waals surface area contributed by atoms with Crippen molar-refractivity contribution in [2.24, 2.45) is 0 Å². The molecule has 2 aromatic rings. The summed E-state index contributed by atoms with van der Waals surface area (Å²) in [5, 5.41) is 2.68. The maximum atomic E-state index is 12.1. The van der Waals surface area contributed by atoms with Gasteiger partial charge in [-0.15, -0.1) is 0 Å². The standard InChI is InChI=1S/C22H24N2O5/c1-15(2)29-19-10-8-16(9-11-19)22(27)28-14-20(25)23-17-5-3-6-18(13-17)24-12-4-7-21(24)26/h3,5-6,8-11,13,15H,4,7,12,14H2,1-2H3,(H,23,25). The van der Waals surface area contributed by atoms with Crippen molar-refractivity contribution in [1.29, 1.82) is 0 Å². The van der Waals surface area contributed by atoms with Gasteiger partial charge in [-0.1, -0.05) is 6.07 Å². The summed E-state index contributed by atoms with van der Waals surface area (Å²) in [5.41, 5.74) is 1.62. The molecule has 0 radical (unpaired) electrons. The van der Waals surface area contributed by atoms with Crippen LogP contribution in [0.1, 0.15) is 37.0 Å². The van der Waals surface area contributed by atoms with Gasteiger partial charge in [-0.05, 0) is 62.7 Å². The zero-order valence-corrected chi connectivity index (χ0v) is 16.5. The highest BCUT2D eigenvalue weighted by Gasteiger charge is 2.21. The first kappa shape index (κ1) is 20.4. The molecule has 2 aromatic carbocycles. The lowest BCUT2D eigenvalue weighted by Gasteiger charge is -2.16. The Morgan fingerprint density at radius 2 is 1.90 bits per heavy atom.